The van der Waals surface area contributed by atoms with Gasteiger partial charge in [0.25, 0.3) is 5.91 Å². The number of likely N-dealkylation sites (tertiary alicyclic amines) is 1. The molecule has 0 aromatic rings. The Balaban J connectivity index is 1.95. The normalized spacial score (nSPS) is 20.0. The zero-order valence-electron chi connectivity index (χ0n) is 9.43. The molecule has 1 saturated heterocycles. The zero-order chi connectivity index (χ0) is 11.4. The van der Waals surface area contributed by atoms with Crippen molar-refractivity contribution in [2.45, 2.75) is 19.3 Å². The number of hydrogen-bond acceptors (Lipinski definition) is 3. The molecule has 0 aromatic heterocycles. The number of allylic oxidation sites excluding steroid dienone is 1. The quantitative estimate of drug-likeness (QED) is 0.658. The maximum absolute atomic E-state index is 12.1. The summed E-state index contributed by atoms with van der Waals surface area (Å²) in [5.74, 6) is -0.0324. The van der Waals surface area contributed by atoms with E-state index >= 15 is 0 Å². The van der Waals surface area contributed by atoms with Gasteiger partial charge in [0.15, 0.2) is 0 Å². The maximum Gasteiger partial charge on any atom is 0.275 e. The Kier molecular flexibility index (Phi) is 3.39. The second-order valence-electron chi connectivity index (χ2n) is 4.08. The predicted molar refractivity (Wildman–Crippen MR) is 63.9 cm³/mol. The van der Waals surface area contributed by atoms with Gasteiger partial charge in [0.05, 0.1) is 5.70 Å². The summed E-state index contributed by atoms with van der Waals surface area (Å²) in [4.78, 5) is 19.8. The van der Waals surface area contributed by atoms with Gasteiger partial charge in [-0.1, -0.05) is 6.58 Å². The van der Waals surface area contributed by atoms with Crippen molar-refractivity contribution < 1.29 is 4.79 Å². The highest BCUT2D eigenvalue weighted by Gasteiger charge is 2.21. The van der Waals surface area contributed by atoms with Gasteiger partial charge >= 0.3 is 0 Å². The van der Waals surface area contributed by atoms with E-state index in [1.165, 1.54) is 6.42 Å². The third-order valence-electron chi connectivity index (χ3n) is 2.94. The average Bonchev–Trinajstić information content (AvgIpc) is 2.39. The molecule has 4 heteroatoms. The minimum Gasteiger partial charge on any atom is -0.368 e. The molecule has 0 aromatic carbocycles. The molecule has 0 aliphatic carbocycles. The Hall–Kier alpha value is -1.58. The summed E-state index contributed by atoms with van der Waals surface area (Å²) in [5.41, 5.74) is 0.599. The van der Waals surface area contributed by atoms with Gasteiger partial charge in [-0.05, 0) is 25.3 Å². The van der Waals surface area contributed by atoms with Crippen molar-refractivity contribution in [3.63, 3.8) is 0 Å². The van der Waals surface area contributed by atoms with E-state index in [1.54, 1.807) is 23.4 Å². The summed E-state index contributed by atoms with van der Waals surface area (Å²) < 4.78 is 0. The zero-order valence-corrected chi connectivity index (χ0v) is 9.43. The number of carbonyl (C=O) groups excluding carboxylic acids is 1. The van der Waals surface area contributed by atoms with E-state index < -0.39 is 0 Å². The number of piperidine rings is 1. The van der Waals surface area contributed by atoms with Crippen molar-refractivity contribution in [3.8, 4) is 0 Å². The molecule has 0 N–H and O–H groups in total. The van der Waals surface area contributed by atoms with Gasteiger partial charge in [-0.25, -0.2) is 0 Å². The van der Waals surface area contributed by atoms with Crippen LogP contribution >= 0.6 is 0 Å². The van der Waals surface area contributed by atoms with Crippen LogP contribution in [0, 0.1) is 0 Å². The van der Waals surface area contributed by atoms with Crippen molar-refractivity contribution in [1.29, 1.82) is 0 Å². The fourth-order valence-corrected chi connectivity index (χ4v) is 1.98. The molecule has 86 valence electrons. The van der Waals surface area contributed by atoms with Crippen LogP contribution in [0.3, 0.4) is 0 Å². The Labute approximate surface area is 95.9 Å². The van der Waals surface area contributed by atoms with Gasteiger partial charge in [-0.3, -0.25) is 14.7 Å². The maximum atomic E-state index is 12.1. The van der Waals surface area contributed by atoms with E-state index in [-0.39, 0.29) is 5.91 Å². The van der Waals surface area contributed by atoms with Crippen molar-refractivity contribution in [2.75, 3.05) is 19.8 Å². The molecule has 4 nitrogen and oxygen atoms in total. The molecule has 2 aliphatic rings. The minimum absolute atomic E-state index is 0.0324. The summed E-state index contributed by atoms with van der Waals surface area (Å²) in [6, 6.07) is 0. The Morgan fingerprint density at radius 2 is 2.00 bits per heavy atom. The predicted octanol–water partition coefficient (Wildman–Crippen LogP) is 1.37. The molecule has 1 fully saturated rings. The van der Waals surface area contributed by atoms with Crippen LogP contribution in [0.5, 0.6) is 0 Å². The number of rotatable bonds is 2. The van der Waals surface area contributed by atoms with Crippen LogP contribution < -0.4 is 0 Å². The first-order valence-electron chi connectivity index (χ1n) is 5.70. The summed E-state index contributed by atoms with van der Waals surface area (Å²) in [7, 11) is 0. The van der Waals surface area contributed by atoms with Crippen LogP contribution in [-0.4, -0.2) is 41.7 Å². The first-order valence-corrected chi connectivity index (χ1v) is 5.70. The lowest BCUT2D eigenvalue weighted by Crippen LogP contribution is -2.38. The second-order valence-corrected chi connectivity index (χ2v) is 4.08. The summed E-state index contributed by atoms with van der Waals surface area (Å²) >= 11 is 0. The van der Waals surface area contributed by atoms with Crippen LogP contribution in [0.25, 0.3) is 0 Å². The summed E-state index contributed by atoms with van der Waals surface area (Å²) in [5, 5.41) is 0. The fraction of sp³-hybridized carbons (Fsp3) is 0.500. The lowest BCUT2D eigenvalue weighted by Gasteiger charge is -2.31. The third kappa shape index (κ3) is 2.32. The monoisotopic (exact) mass is 219 g/mol. The number of hydrogen-bond donors (Lipinski definition) is 0. The lowest BCUT2D eigenvalue weighted by molar-refractivity contribution is -0.126. The molecule has 0 unspecified atom stereocenters. The van der Waals surface area contributed by atoms with Crippen LogP contribution in [0.2, 0.25) is 0 Å². The number of nitrogens with zero attached hydrogens (tertiary/aromatic N) is 3. The van der Waals surface area contributed by atoms with Crippen molar-refractivity contribution in [3.05, 3.63) is 24.6 Å². The molecule has 2 rings (SSSR count). The highest BCUT2D eigenvalue weighted by molar-refractivity contribution is 5.93. The Bertz CT molecular complexity index is 340. The highest BCUT2D eigenvalue weighted by Crippen LogP contribution is 2.15. The molecule has 0 spiro atoms. The van der Waals surface area contributed by atoms with E-state index in [1.807, 2.05) is 0 Å². The largest absolute Gasteiger partial charge is 0.368 e. The highest BCUT2D eigenvalue weighted by atomic mass is 16.2. The standard InChI is InChI=1S/C12H17N3O/c1-11(14-7-3-2-4-8-14)12(16)15-9-5-6-13-10-15/h5-6,9H,1-4,7-8,10H2. The van der Waals surface area contributed by atoms with E-state index in [2.05, 4.69) is 16.5 Å². The van der Waals surface area contributed by atoms with Crippen LogP contribution in [-0.2, 0) is 4.79 Å². The molecule has 0 saturated carbocycles. The second kappa shape index (κ2) is 4.96. The lowest BCUT2D eigenvalue weighted by atomic mass is 10.1. The van der Waals surface area contributed by atoms with E-state index in [4.69, 9.17) is 0 Å². The van der Waals surface area contributed by atoms with E-state index in [9.17, 15) is 4.79 Å². The molecule has 2 aliphatic heterocycles. The van der Waals surface area contributed by atoms with Crippen LogP contribution in [0.4, 0.5) is 0 Å². The van der Waals surface area contributed by atoms with Gasteiger partial charge in [0.2, 0.25) is 0 Å². The minimum atomic E-state index is -0.0324. The summed E-state index contributed by atoms with van der Waals surface area (Å²) in [6.07, 6.45) is 8.79. The smallest absolute Gasteiger partial charge is 0.275 e. The van der Waals surface area contributed by atoms with Gasteiger partial charge in [-0.2, -0.15) is 0 Å². The molecule has 0 atom stereocenters. The van der Waals surface area contributed by atoms with Crippen molar-refractivity contribution in [2.24, 2.45) is 4.99 Å². The topological polar surface area (TPSA) is 35.9 Å². The number of carbonyl (C=O) groups is 1. The summed E-state index contributed by atoms with van der Waals surface area (Å²) in [6.45, 7) is 6.21. The van der Waals surface area contributed by atoms with Gasteiger partial charge in [0.1, 0.15) is 6.67 Å². The Morgan fingerprint density at radius 1 is 1.25 bits per heavy atom. The first-order chi connectivity index (χ1) is 7.79. The molecule has 2 heterocycles. The molecular weight excluding hydrogens is 202 g/mol. The van der Waals surface area contributed by atoms with Crippen LogP contribution in [0.15, 0.2) is 29.5 Å². The number of aliphatic imine (C=N–C) groups is 1. The van der Waals surface area contributed by atoms with E-state index in [0.29, 0.717) is 12.4 Å². The fourth-order valence-electron chi connectivity index (χ4n) is 1.98. The van der Waals surface area contributed by atoms with E-state index in [0.717, 1.165) is 25.9 Å². The van der Waals surface area contributed by atoms with Crippen molar-refractivity contribution in [1.82, 2.24) is 9.80 Å². The average molecular weight is 219 g/mol. The Morgan fingerprint density at radius 3 is 2.62 bits per heavy atom. The van der Waals surface area contributed by atoms with Crippen LogP contribution in [0.1, 0.15) is 19.3 Å². The molecule has 1 amide bonds. The molecule has 16 heavy (non-hydrogen) atoms. The SMILES string of the molecule is C=C(C(=O)N1C=CC=NC1)N1CCCCC1. The molecule has 0 bridgehead atoms. The van der Waals surface area contributed by atoms with Gasteiger partial charge in [-0.15, -0.1) is 0 Å². The molecular formula is C12H17N3O. The first kappa shape index (κ1) is 10.9. The third-order valence-corrected chi connectivity index (χ3v) is 2.94. The molecule has 0 radical (unpaired) electrons. The number of amides is 1. The van der Waals surface area contributed by atoms with Crippen molar-refractivity contribution >= 4 is 12.1 Å². The van der Waals surface area contributed by atoms with Gasteiger partial charge in [0, 0.05) is 25.5 Å². The van der Waals surface area contributed by atoms with Gasteiger partial charge < -0.3 is 4.90 Å².